The lowest BCUT2D eigenvalue weighted by atomic mass is 9.99. The number of aromatic amines is 1. The second kappa shape index (κ2) is 25.5. The third-order valence-corrected chi connectivity index (χ3v) is 10.2. The van der Waals surface area contributed by atoms with Crippen LogP contribution in [-0.2, 0) is 46.4 Å². The van der Waals surface area contributed by atoms with E-state index < -0.39 is 83.5 Å². The first-order valence-electron chi connectivity index (χ1n) is 20.8. The maximum atomic E-state index is 14.3. The number of likely N-dealkylation sites (N-methyl/N-ethyl adjacent to an activating group) is 1. The van der Waals surface area contributed by atoms with E-state index in [4.69, 9.17) is 22.9 Å². The van der Waals surface area contributed by atoms with Crippen molar-refractivity contribution < 1.29 is 38.7 Å². The van der Waals surface area contributed by atoms with Gasteiger partial charge >= 0.3 is 0 Å². The first-order chi connectivity index (χ1) is 29.5. The Kier molecular flexibility index (Phi) is 20.6. The minimum atomic E-state index is -1.32. The number of imidazole rings is 1. The van der Waals surface area contributed by atoms with Crippen LogP contribution in [0, 0.1) is 5.92 Å². The molecule has 2 heterocycles. The van der Waals surface area contributed by atoms with Gasteiger partial charge in [0, 0.05) is 37.8 Å². The molecule has 1 aliphatic rings. The number of aromatic nitrogens is 2. The maximum Gasteiger partial charge on any atom is 0.246 e. The van der Waals surface area contributed by atoms with Crippen molar-refractivity contribution in [3.8, 4) is 5.75 Å². The number of carbonyl (C=O) groups excluding carboxylic acids is 7. The molecule has 1 aromatic carbocycles. The van der Waals surface area contributed by atoms with Gasteiger partial charge in [-0.2, -0.15) is 0 Å². The molecule has 62 heavy (non-hydrogen) atoms. The van der Waals surface area contributed by atoms with Crippen molar-refractivity contribution in [3.05, 3.63) is 48.0 Å². The van der Waals surface area contributed by atoms with E-state index >= 15 is 0 Å². The number of nitrogens with two attached hydrogens (primary N) is 4. The number of nitrogens with one attached hydrogen (secondary N) is 7. The summed E-state index contributed by atoms with van der Waals surface area (Å²) < 4.78 is 0. The third kappa shape index (κ3) is 16.3. The molecule has 0 unspecified atom stereocenters. The van der Waals surface area contributed by atoms with Gasteiger partial charge in [0.15, 0.2) is 5.96 Å². The largest absolute Gasteiger partial charge is 0.508 e. The molecule has 22 heteroatoms. The molecule has 2 aromatic rings. The van der Waals surface area contributed by atoms with Gasteiger partial charge in [0.25, 0.3) is 0 Å². The number of phenolic OH excluding ortho intramolecular Hbond substituents is 1. The standard InChI is InChI=1S/C40H64N14O8/c1-23(2)33(53-36(59)27(49-32(56)21-45-3)9-6-16-47-40(43)44)38(61)51-29(18-24-11-13-26(55)14-12-24)37(60)50-28(8-4-5-15-41)35(58)52-30(19-25-20-46-22-48-25)39(62)54-17-7-10-31(54)34(42)57/h11-14,20,22-23,27-31,33,45,55H,4-10,15-19,21,41H2,1-3H3,(H2,42,57)(H,46,48)(H,49,56)(H,50,60)(H,51,61)(H,52,58)(H,53,59)(H4,43,44,47)/t27-,28-,29-,30-,31-,33-/m0/s1. The fraction of sp³-hybridized carbons (Fsp3) is 0.575. The first-order valence-corrected chi connectivity index (χ1v) is 20.8. The van der Waals surface area contributed by atoms with E-state index in [-0.39, 0.29) is 57.0 Å². The number of likely N-dealkylation sites (tertiary alicyclic amines) is 1. The molecule has 1 fully saturated rings. The van der Waals surface area contributed by atoms with Crippen molar-refractivity contribution in [2.75, 3.05) is 33.2 Å². The number of guanidine groups is 1. The summed E-state index contributed by atoms with van der Waals surface area (Å²) in [5.41, 5.74) is 23.3. The van der Waals surface area contributed by atoms with Gasteiger partial charge in [-0.05, 0) is 82.2 Å². The van der Waals surface area contributed by atoms with Crippen LogP contribution in [0.15, 0.2) is 41.8 Å². The van der Waals surface area contributed by atoms with Crippen molar-refractivity contribution in [1.82, 2.24) is 46.8 Å². The predicted molar refractivity (Wildman–Crippen MR) is 229 cm³/mol. The lowest BCUT2D eigenvalue weighted by molar-refractivity contribution is -0.141. The Morgan fingerprint density at radius 3 is 2.08 bits per heavy atom. The van der Waals surface area contributed by atoms with Gasteiger partial charge in [0.2, 0.25) is 41.4 Å². The lowest BCUT2D eigenvalue weighted by Crippen LogP contribution is -2.61. The van der Waals surface area contributed by atoms with E-state index in [0.717, 1.165) is 0 Å². The minimum Gasteiger partial charge on any atom is -0.508 e. The fourth-order valence-corrected chi connectivity index (χ4v) is 6.95. The highest BCUT2D eigenvalue weighted by atomic mass is 16.3. The number of rotatable bonds is 26. The zero-order valence-electron chi connectivity index (χ0n) is 35.7. The van der Waals surface area contributed by atoms with E-state index in [0.29, 0.717) is 49.9 Å². The number of hydrogen-bond acceptors (Lipinski definition) is 12. The van der Waals surface area contributed by atoms with Gasteiger partial charge in [-0.15, -0.1) is 0 Å². The van der Waals surface area contributed by atoms with Crippen molar-refractivity contribution in [2.24, 2.45) is 33.8 Å². The molecule has 1 saturated heterocycles. The molecule has 0 aliphatic carbocycles. The average Bonchev–Trinajstić information content (AvgIpc) is 3.94. The Morgan fingerprint density at radius 1 is 0.839 bits per heavy atom. The Morgan fingerprint density at radius 2 is 1.47 bits per heavy atom. The van der Waals surface area contributed by atoms with Crippen LogP contribution in [0.5, 0.6) is 5.75 Å². The smallest absolute Gasteiger partial charge is 0.246 e. The van der Waals surface area contributed by atoms with Crippen LogP contribution >= 0.6 is 0 Å². The number of hydrogen-bond donors (Lipinski definition) is 12. The average molecular weight is 869 g/mol. The van der Waals surface area contributed by atoms with Crippen LogP contribution in [0.1, 0.15) is 70.1 Å². The van der Waals surface area contributed by atoms with E-state index in [1.54, 1.807) is 33.0 Å². The van der Waals surface area contributed by atoms with Crippen molar-refractivity contribution in [1.29, 1.82) is 0 Å². The molecular formula is C40H64N14O8. The summed E-state index contributed by atoms with van der Waals surface area (Å²) >= 11 is 0. The molecule has 0 spiro atoms. The van der Waals surface area contributed by atoms with Crippen LogP contribution in [0.3, 0.4) is 0 Å². The molecule has 1 aromatic heterocycles. The summed E-state index contributed by atoms with van der Waals surface area (Å²) in [6.07, 6.45) is 5.27. The Hall–Kier alpha value is -6.29. The van der Waals surface area contributed by atoms with Crippen LogP contribution in [0.25, 0.3) is 0 Å². The van der Waals surface area contributed by atoms with Crippen molar-refractivity contribution >= 4 is 47.3 Å². The Labute approximate surface area is 360 Å². The topological polar surface area (TPSA) is 360 Å². The first kappa shape index (κ1) is 50.1. The minimum absolute atomic E-state index is 0.00579. The number of amides is 7. The van der Waals surface area contributed by atoms with Gasteiger partial charge in [0.1, 0.15) is 42.0 Å². The Bertz CT molecular complexity index is 1820. The molecule has 22 nitrogen and oxygen atoms in total. The highest BCUT2D eigenvalue weighted by Crippen LogP contribution is 2.20. The SMILES string of the molecule is CNCC(=O)N[C@@H](CCCN=C(N)N)C(=O)N[C@H](C(=O)N[C@@H](Cc1ccc(O)cc1)C(=O)N[C@@H](CCCCN)C(=O)N[C@@H](Cc1cnc[nH]1)C(=O)N1CCC[C@H]1C(N)=O)C(C)C. The summed E-state index contributed by atoms with van der Waals surface area (Å²) in [6.45, 7) is 4.08. The summed E-state index contributed by atoms with van der Waals surface area (Å²) in [6, 6.07) is -0.806. The van der Waals surface area contributed by atoms with Crippen LogP contribution < -0.4 is 54.8 Å². The van der Waals surface area contributed by atoms with Crippen molar-refractivity contribution in [2.45, 2.75) is 108 Å². The van der Waals surface area contributed by atoms with Gasteiger partial charge in [-0.1, -0.05) is 26.0 Å². The predicted octanol–water partition coefficient (Wildman–Crippen LogP) is -3.14. The van der Waals surface area contributed by atoms with Crippen LogP contribution in [0.2, 0.25) is 0 Å². The molecule has 342 valence electrons. The number of primary amides is 1. The van der Waals surface area contributed by atoms with Gasteiger partial charge in [0.05, 0.1) is 12.9 Å². The normalized spacial score (nSPS) is 16.0. The Balaban J connectivity index is 1.90. The molecule has 0 saturated carbocycles. The van der Waals surface area contributed by atoms with Gasteiger partial charge in [-0.25, -0.2) is 4.98 Å². The van der Waals surface area contributed by atoms with Crippen LogP contribution in [-0.4, -0.2) is 137 Å². The number of H-pyrrole nitrogens is 1. The number of phenols is 1. The number of aromatic hydroxyl groups is 1. The highest BCUT2D eigenvalue weighted by Gasteiger charge is 2.38. The van der Waals surface area contributed by atoms with Crippen LogP contribution in [0.4, 0.5) is 0 Å². The third-order valence-electron chi connectivity index (χ3n) is 10.2. The highest BCUT2D eigenvalue weighted by molar-refractivity contribution is 5.97. The maximum absolute atomic E-state index is 14.3. The summed E-state index contributed by atoms with van der Waals surface area (Å²) in [4.78, 5) is 107. The van der Waals surface area contributed by atoms with E-state index in [1.807, 2.05) is 0 Å². The molecule has 1 aliphatic heterocycles. The van der Waals surface area contributed by atoms with E-state index in [2.05, 4.69) is 46.9 Å². The number of carbonyl (C=O) groups is 7. The number of benzene rings is 1. The molecule has 16 N–H and O–H groups in total. The second-order valence-corrected chi connectivity index (χ2v) is 15.5. The molecule has 7 amide bonds. The number of nitrogens with zero attached hydrogens (tertiary/aromatic N) is 3. The van der Waals surface area contributed by atoms with E-state index in [1.165, 1.54) is 29.6 Å². The molecule has 6 atom stereocenters. The quantitative estimate of drug-likeness (QED) is 0.0253. The monoisotopic (exact) mass is 869 g/mol. The van der Waals surface area contributed by atoms with E-state index in [9.17, 15) is 38.7 Å². The summed E-state index contributed by atoms with van der Waals surface area (Å²) in [5, 5.41) is 26.3. The van der Waals surface area contributed by atoms with Gasteiger partial charge < -0.3 is 69.8 Å². The zero-order valence-corrected chi connectivity index (χ0v) is 35.7. The summed E-state index contributed by atoms with van der Waals surface area (Å²) in [7, 11) is 1.57. The zero-order chi connectivity index (χ0) is 45.8. The number of aliphatic imine (C=N–C) groups is 1. The second-order valence-electron chi connectivity index (χ2n) is 15.5. The van der Waals surface area contributed by atoms with Gasteiger partial charge in [-0.3, -0.25) is 38.6 Å². The molecular weight excluding hydrogens is 805 g/mol. The molecule has 0 radical (unpaired) electrons. The molecule has 3 rings (SSSR count). The molecule has 0 bridgehead atoms. The van der Waals surface area contributed by atoms with Crippen molar-refractivity contribution in [3.63, 3.8) is 0 Å². The lowest BCUT2D eigenvalue weighted by Gasteiger charge is -2.30. The fourth-order valence-electron chi connectivity index (χ4n) is 6.95. The number of unbranched alkanes of at least 4 members (excludes halogenated alkanes) is 1. The summed E-state index contributed by atoms with van der Waals surface area (Å²) in [5.74, 6) is -5.14.